The van der Waals surface area contributed by atoms with Gasteiger partial charge >= 0.3 is 0 Å². The van der Waals surface area contributed by atoms with Gasteiger partial charge in [-0.05, 0) is 31.0 Å². The average molecular weight is 301 g/mol. The second-order valence-corrected chi connectivity index (χ2v) is 6.10. The molecule has 1 rings (SSSR count). The van der Waals surface area contributed by atoms with Crippen molar-refractivity contribution in [2.45, 2.75) is 30.8 Å². The normalized spacial score (nSPS) is 13.1. The van der Waals surface area contributed by atoms with E-state index in [1.54, 1.807) is 6.92 Å². The highest BCUT2D eigenvalue weighted by atomic mass is 32.2. The number of benzene rings is 1. The van der Waals surface area contributed by atoms with E-state index in [9.17, 15) is 18.3 Å². The molecule has 0 aromatic heterocycles. The molecule has 0 saturated heterocycles. The number of aliphatic hydroxyl groups excluding tert-OH is 1. The summed E-state index contributed by atoms with van der Waals surface area (Å²) in [5.41, 5.74) is 10.8. The summed E-state index contributed by atoms with van der Waals surface area (Å²) in [4.78, 5) is 10.9. The smallest absolute Gasteiger partial charge is 0.248 e. The molecular formula is C12H19N3O4S. The molecule has 0 spiro atoms. The topological polar surface area (TPSA) is 136 Å². The molecule has 1 aromatic carbocycles. The summed E-state index contributed by atoms with van der Waals surface area (Å²) in [6.07, 6.45) is 0.318. The molecule has 0 saturated carbocycles. The Balaban J connectivity index is 2.85. The number of rotatable bonds is 7. The fourth-order valence-electron chi connectivity index (χ4n) is 1.59. The van der Waals surface area contributed by atoms with Crippen LogP contribution < -0.4 is 16.2 Å². The summed E-state index contributed by atoms with van der Waals surface area (Å²) in [5, 5.41) is 9.37. The van der Waals surface area contributed by atoms with Gasteiger partial charge < -0.3 is 16.6 Å². The van der Waals surface area contributed by atoms with Gasteiger partial charge in [0.25, 0.3) is 0 Å². The van der Waals surface area contributed by atoms with E-state index in [0.29, 0.717) is 12.8 Å². The number of anilines is 1. The summed E-state index contributed by atoms with van der Waals surface area (Å²) in [5.74, 6) is -0.681. The lowest BCUT2D eigenvalue weighted by atomic mass is 10.2. The largest absolute Gasteiger partial charge is 0.398 e. The molecule has 8 heteroatoms. The Morgan fingerprint density at radius 2 is 2.10 bits per heavy atom. The van der Waals surface area contributed by atoms with Crippen molar-refractivity contribution in [3.8, 4) is 0 Å². The molecule has 1 atom stereocenters. The summed E-state index contributed by atoms with van der Waals surface area (Å²) < 4.78 is 26.4. The van der Waals surface area contributed by atoms with Crippen molar-refractivity contribution in [3.63, 3.8) is 0 Å². The Kier molecular flexibility index (Phi) is 5.49. The molecular weight excluding hydrogens is 282 g/mol. The standard InChI is InChI=1S/C12H19N3O4S/c1-2-9(16)5-6-15-20(18,19)11-4-3-8(12(14)17)7-10(11)13/h3-4,7,9,15-16H,2,5-6,13H2,1H3,(H2,14,17). The Morgan fingerprint density at radius 3 is 2.60 bits per heavy atom. The third-order valence-electron chi connectivity index (χ3n) is 2.82. The van der Waals surface area contributed by atoms with Crippen LogP contribution in [0.3, 0.4) is 0 Å². The van der Waals surface area contributed by atoms with Gasteiger partial charge in [0, 0.05) is 12.1 Å². The molecule has 1 unspecified atom stereocenters. The molecule has 0 heterocycles. The Labute approximate surface area is 118 Å². The van der Waals surface area contributed by atoms with E-state index >= 15 is 0 Å². The minimum Gasteiger partial charge on any atom is -0.398 e. The van der Waals surface area contributed by atoms with Crippen molar-refractivity contribution in [1.82, 2.24) is 4.72 Å². The van der Waals surface area contributed by atoms with E-state index in [4.69, 9.17) is 11.5 Å². The van der Waals surface area contributed by atoms with Crippen LogP contribution in [0.1, 0.15) is 30.1 Å². The Bertz CT molecular complexity index is 586. The molecule has 1 amide bonds. The number of nitrogens with two attached hydrogens (primary N) is 2. The number of hydrogen-bond donors (Lipinski definition) is 4. The number of aliphatic hydroxyl groups is 1. The van der Waals surface area contributed by atoms with Gasteiger partial charge in [-0.15, -0.1) is 0 Å². The lowest BCUT2D eigenvalue weighted by Crippen LogP contribution is -2.28. The molecule has 0 radical (unpaired) electrons. The lowest BCUT2D eigenvalue weighted by molar-refractivity contribution is 0.1000. The van der Waals surface area contributed by atoms with Crippen LogP contribution in [0.5, 0.6) is 0 Å². The predicted octanol–water partition coefficient (Wildman–Crippen LogP) is -0.193. The molecule has 0 aliphatic carbocycles. The zero-order chi connectivity index (χ0) is 15.3. The highest BCUT2D eigenvalue weighted by Crippen LogP contribution is 2.19. The minimum absolute atomic E-state index is 0.0511. The van der Waals surface area contributed by atoms with Gasteiger partial charge in [0.1, 0.15) is 4.90 Å². The number of amides is 1. The predicted molar refractivity (Wildman–Crippen MR) is 75.5 cm³/mol. The van der Waals surface area contributed by atoms with Gasteiger partial charge in [-0.25, -0.2) is 13.1 Å². The van der Waals surface area contributed by atoms with Crippen LogP contribution in [0.25, 0.3) is 0 Å². The first-order valence-corrected chi connectivity index (χ1v) is 7.63. The fraction of sp³-hybridized carbons (Fsp3) is 0.417. The quantitative estimate of drug-likeness (QED) is 0.517. The Morgan fingerprint density at radius 1 is 1.45 bits per heavy atom. The van der Waals surface area contributed by atoms with Gasteiger partial charge in [-0.1, -0.05) is 6.92 Å². The zero-order valence-corrected chi connectivity index (χ0v) is 12.0. The molecule has 1 aromatic rings. The molecule has 112 valence electrons. The van der Waals surface area contributed by atoms with Gasteiger partial charge in [0.2, 0.25) is 15.9 Å². The molecule has 7 nitrogen and oxygen atoms in total. The number of carbonyl (C=O) groups is 1. The summed E-state index contributed by atoms with van der Waals surface area (Å²) in [7, 11) is -3.78. The molecule has 0 aliphatic heterocycles. The fourth-order valence-corrected chi connectivity index (χ4v) is 2.75. The molecule has 0 bridgehead atoms. The lowest BCUT2D eigenvalue weighted by Gasteiger charge is -2.11. The molecule has 0 fully saturated rings. The number of primary amides is 1. The first-order chi connectivity index (χ1) is 9.27. The SMILES string of the molecule is CCC(O)CCNS(=O)(=O)c1ccc(C(N)=O)cc1N. The van der Waals surface area contributed by atoms with Crippen LogP contribution >= 0.6 is 0 Å². The van der Waals surface area contributed by atoms with Crippen molar-refractivity contribution in [1.29, 1.82) is 0 Å². The third-order valence-corrected chi connectivity index (χ3v) is 4.36. The number of nitrogen functional groups attached to an aromatic ring is 1. The zero-order valence-electron chi connectivity index (χ0n) is 11.2. The first-order valence-electron chi connectivity index (χ1n) is 6.15. The van der Waals surface area contributed by atoms with Gasteiger partial charge in [0.15, 0.2) is 0 Å². The van der Waals surface area contributed by atoms with E-state index in [2.05, 4.69) is 4.72 Å². The highest BCUT2D eigenvalue weighted by molar-refractivity contribution is 7.89. The maximum atomic E-state index is 12.0. The van der Waals surface area contributed by atoms with Gasteiger partial charge in [0.05, 0.1) is 11.8 Å². The van der Waals surface area contributed by atoms with Gasteiger partial charge in [-0.3, -0.25) is 4.79 Å². The summed E-state index contributed by atoms with van der Waals surface area (Å²) in [6, 6.07) is 3.75. The second kappa shape index (κ2) is 6.69. The van der Waals surface area contributed by atoms with Crippen molar-refractivity contribution in [2.24, 2.45) is 5.73 Å². The molecule has 6 N–H and O–H groups in total. The van der Waals surface area contributed by atoms with E-state index in [1.807, 2.05) is 0 Å². The third kappa shape index (κ3) is 4.19. The summed E-state index contributed by atoms with van der Waals surface area (Å²) >= 11 is 0. The van der Waals surface area contributed by atoms with Crippen molar-refractivity contribution < 1.29 is 18.3 Å². The monoisotopic (exact) mass is 301 g/mol. The maximum absolute atomic E-state index is 12.0. The number of nitrogens with one attached hydrogen (secondary N) is 1. The highest BCUT2D eigenvalue weighted by Gasteiger charge is 2.18. The van der Waals surface area contributed by atoms with E-state index in [0.717, 1.165) is 0 Å². The Hall–Kier alpha value is -1.64. The number of sulfonamides is 1. The van der Waals surface area contributed by atoms with Crippen LogP contribution in [-0.4, -0.2) is 32.1 Å². The maximum Gasteiger partial charge on any atom is 0.248 e. The number of carbonyl (C=O) groups excluding carboxylic acids is 1. The van der Waals surface area contributed by atoms with E-state index in [-0.39, 0.29) is 22.7 Å². The minimum atomic E-state index is -3.78. The van der Waals surface area contributed by atoms with Crippen LogP contribution in [0.2, 0.25) is 0 Å². The summed E-state index contributed by atoms with van der Waals surface area (Å²) in [6.45, 7) is 1.91. The molecule has 20 heavy (non-hydrogen) atoms. The number of hydrogen-bond acceptors (Lipinski definition) is 5. The van der Waals surface area contributed by atoms with E-state index < -0.39 is 22.0 Å². The van der Waals surface area contributed by atoms with Crippen LogP contribution in [0.15, 0.2) is 23.1 Å². The van der Waals surface area contributed by atoms with Crippen molar-refractivity contribution in [2.75, 3.05) is 12.3 Å². The van der Waals surface area contributed by atoms with Crippen LogP contribution in [0.4, 0.5) is 5.69 Å². The average Bonchev–Trinajstić information content (AvgIpc) is 2.37. The second-order valence-electron chi connectivity index (χ2n) is 4.37. The van der Waals surface area contributed by atoms with Crippen molar-refractivity contribution >= 4 is 21.6 Å². The van der Waals surface area contributed by atoms with E-state index in [1.165, 1.54) is 18.2 Å². The van der Waals surface area contributed by atoms with Crippen molar-refractivity contribution in [3.05, 3.63) is 23.8 Å². The van der Waals surface area contributed by atoms with Crippen LogP contribution in [0, 0.1) is 0 Å². The van der Waals surface area contributed by atoms with Gasteiger partial charge in [-0.2, -0.15) is 0 Å². The van der Waals surface area contributed by atoms with Crippen LogP contribution in [-0.2, 0) is 10.0 Å². The molecule has 0 aliphatic rings. The first kappa shape index (κ1) is 16.4.